The number of aromatic nitrogens is 2. The molecule has 1 aromatic heterocycles. The van der Waals surface area contributed by atoms with Crippen molar-refractivity contribution in [3.63, 3.8) is 0 Å². The summed E-state index contributed by atoms with van der Waals surface area (Å²) < 4.78 is 2.07. The molecule has 6 nitrogen and oxygen atoms in total. The van der Waals surface area contributed by atoms with Crippen molar-refractivity contribution in [1.29, 1.82) is 0 Å². The van der Waals surface area contributed by atoms with Crippen molar-refractivity contribution >= 4 is 5.91 Å². The molecule has 2 saturated heterocycles. The van der Waals surface area contributed by atoms with E-state index in [9.17, 15) is 9.90 Å². The Bertz CT molecular complexity index is 577. The van der Waals surface area contributed by atoms with E-state index in [1.54, 1.807) is 6.92 Å². The Kier molecular flexibility index (Phi) is 4.23. The summed E-state index contributed by atoms with van der Waals surface area (Å²) in [6, 6.07) is 0. The number of carbonyl (C=O) groups excluding carboxylic acids is 1. The molecule has 1 atom stereocenters. The zero-order chi connectivity index (χ0) is 16.7. The van der Waals surface area contributed by atoms with Gasteiger partial charge < -0.3 is 14.6 Å². The van der Waals surface area contributed by atoms with Gasteiger partial charge in [0.2, 0.25) is 5.91 Å². The Morgan fingerprint density at radius 2 is 2.09 bits per heavy atom. The molecule has 6 heteroatoms. The SMILES string of the molecule is CC(=O)N1CC2(CCN(Cc3nccn3C)CC2)C[C@@]1(C)CO. The van der Waals surface area contributed by atoms with Crippen LogP contribution in [-0.4, -0.2) is 62.1 Å². The van der Waals surface area contributed by atoms with E-state index < -0.39 is 5.54 Å². The second kappa shape index (κ2) is 5.91. The fraction of sp³-hybridized carbons (Fsp3) is 0.765. The number of carbonyl (C=O) groups is 1. The molecule has 23 heavy (non-hydrogen) atoms. The summed E-state index contributed by atoms with van der Waals surface area (Å²) in [4.78, 5) is 20.7. The average molecular weight is 320 g/mol. The number of likely N-dealkylation sites (tertiary alicyclic amines) is 2. The minimum atomic E-state index is -0.395. The fourth-order valence-electron chi connectivity index (χ4n) is 4.39. The van der Waals surface area contributed by atoms with Crippen molar-refractivity contribution in [2.75, 3.05) is 26.2 Å². The van der Waals surface area contributed by atoms with Crippen LogP contribution < -0.4 is 0 Å². The van der Waals surface area contributed by atoms with Gasteiger partial charge in [0.05, 0.1) is 18.7 Å². The number of piperidine rings is 1. The number of hydrogen-bond donors (Lipinski definition) is 1. The summed E-state index contributed by atoms with van der Waals surface area (Å²) in [7, 11) is 2.03. The van der Waals surface area contributed by atoms with Crippen molar-refractivity contribution in [1.82, 2.24) is 19.4 Å². The van der Waals surface area contributed by atoms with E-state index in [-0.39, 0.29) is 17.9 Å². The van der Waals surface area contributed by atoms with Crippen LogP contribution in [0.2, 0.25) is 0 Å². The first-order chi connectivity index (χ1) is 10.9. The van der Waals surface area contributed by atoms with Crippen molar-refractivity contribution in [3.05, 3.63) is 18.2 Å². The maximum Gasteiger partial charge on any atom is 0.219 e. The Labute approximate surface area is 138 Å². The highest BCUT2D eigenvalue weighted by Crippen LogP contribution is 2.48. The lowest BCUT2D eigenvalue weighted by Crippen LogP contribution is -2.46. The summed E-state index contributed by atoms with van der Waals surface area (Å²) in [6.45, 7) is 7.40. The highest BCUT2D eigenvalue weighted by molar-refractivity contribution is 5.74. The highest BCUT2D eigenvalue weighted by atomic mass is 16.3. The molecule has 0 unspecified atom stereocenters. The maximum absolute atomic E-state index is 12.0. The maximum atomic E-state index is 12.0. The van der Waals surface area contributed by atoms with Crippen LogP contribution in [0.25, 0.3) is 0 Å². The minimum absolute atomic E-state index is 0.0469. The van der Waals surface area contributed by atoms with Crippen LogP contribution in [0.4, 0.5) is 0 Å². The fourth-order valence-corrected chi connectivity index (χ4v) is 4.39. The molecule has 0 aromatic carbocycles. The topological polar surface area (TPSA) is 61.6 Å². The lowest BCUT2D eigenvalue weighted by Gasteiger charge is -2.39. The molecule has 0 aliphatic carbocycles. The molecular formula is C17H28N4O2. The van der Waals surface area contributed by atoms with Gasteiger partial charge in [-0.3, -0.25) is 9.69 Å². The van der Waals surface area contributed by atoms with Crippen LogP contribution in [0.1, 0.15) is 38.9 Å². The molecule has 0 bridgehead atoms. The van der Waals surface area contributed by atoms with Gasteiger partial charge >= 0.3 is 0 Å². The molecule has 0 radical (unpaired) electrons. The van der Waals surface area contributed by atoms with Gasteiger partial charge in [-0.05, 0) is 44.7 Å². The van der Waals surface area contributed by atoms with Gasteiger partial charge in [0, 0.05) is 32.9 Å². The summed E-state index contributed by atoms with van der Waals surface area (Å²) >= 11 is 0. The second-order valence-corrected chi connectivity index (χ2v) is 7.67. The van der Waals surface area contributed by atoms with Crippen LogP contribution in [0, 0.1) is 5.41 Å². The molecule has 1 spiro atoms. The predicted molar refractivity (Wildman–Crippen MR) is 87.6 cm³/mol. The number of rotatable bonds is 3. The first-order valence-corrected chi connectivity index (χ1v) is 8.45. The second-order valence-electron chi connectivity index (χ2n) is 7.67. The normalized spacial score (nSPS) is 27.7. The summed E-state index contributed by atoms with van der Waals surface area (Å²) in [5, 5.41) is 9.80. The number of aryl methyl sites for hydroxylation is 1. The van der Waals surface area contributed by atoms with E-state index in [0.717, 1.165) is 51.3 Å². The quantitative estimate of drug-likeness (QED) is 0.903. The van der Waals surface area contributed by atoms with Crippen molar-refractivity contribution in [2.24, 2.45) is 12.5 Å². The molecule has 1 N–H and O–H groups in total. The van der Waals surface area contributed by atoms with E-state index in [1.165, 1.54) is 0 Å². The van der Waals surface area contributed by atoms with E-state index >= 15 is 0 Å². The van der Waals surface area contributed by atoms with Crippen molar-refractivity contribution < 1.29 is 9.90 Å². The molecular weight excluding hydrogens is 292 g/mol. The van der Waals surface area contributed by atoms with E-state index in [0.29, 0.717) is 0 Å². The molecule has 2 aliphatic rings. The van der Waals surface area contributed by atoms with Crippen LogP contribution in [0.5, 0.6) is 0 Å². The Hall–Kier alpha value is -1.40. The van der Waals surface area contributed by atoms with Crippen molar-refractivity contribution in [2.45, 2.75) is 45.2 Å². The third-order valence-corrected chi connectivity index (χ3v) is 5.82. The Balaban J connectivity index is 1.64. The Morgan fingerprint density at radius 1 is 1.39 bits per heavy atom. The van der Waals surface area contributed by atoms with E-state index in [1.807, 2.05) is 31.3 Å². The van der Waals surface area contributed by atoms with E-state index in [2.05, 4.69) is 14.5 Å². The summed E-state index contributed by atoms with van der Waals surface area (Å²) in [6.07, 6.45) is 6.89. The lowest BCUT2D eigenvalue weighted by atomic mass is 9.74. The molecule has 128 valence electrons. The monoisotopic (exact) mass is 320 g/mol. The van der Waals surface area contributed by atoms with Crippen LogP contribution in [0.3, 0.4) is 0 Å². The van der Waals surface area contributed by atoms with Gasteiger partial charge in [0.15, 0.2) is 0 Å². The molecule has 3 rings (SSSR count). The van der Waals surface area contributed by atoms with Crippen LogP contribution in [0.15, 0.2) is 12.4 Å². The smallest absolute Gasteiger partial charge is 0.219 e. The summed E-state index contributed by atoms with van der Waals surface area (Å²) in [5.74, 6) is 1.17. The number of imidazole rings is 1. The zero-order valence-electron chi connectivity index (χ0n) is 14.5. The third kappa shape index (κ3) is 3.02. The minimum Gasteiger partial charge on any atom is -0.394 e. The standard InChI is InChI=1S/C17H28N4O2/c1-14(23)21-12-17(11-16(21,2)13-22)4-7-20(8-5-17)10-15-18-6-9-19(15)3/h6,9,22H,4-5,7-8,10-13H2,1-3H3/t16-/m0/s1. The van der Waals surface area contributed by atoms with Gasteiger partial charge in [-0.15, -0.1) is 0 Å². The predicted octanol–water partition coefficient (Wildman–Crippen LogP) is 1.01. The number of aliphatic hydroxyl groups is 1. The first kappa shape index (κ1) is 16.5. The zero-order valence-corrected chi connectivity index (χ0v) is 14.5. The Morgan fingerprint density at radius 3 is 2.57 bits per heavy atom. The number of nitrogens with zero attached hydrogens (tertiary/aromatic N) is 4. The van der Waals surface area contributed by atoms with Gasteiger partial charge in [-0.1, -0.05) is 0 Å². The van der Waals surface area contributed by atoms with Crippen LogP contribution >= 0.6 is 0 Å². The third-order valence-electron chi connectivity index (χ3n) is 5.82. The molecule has 1 amide bonds. The first-order valence-electron chi connectivity index (χ1n) is 8.45. The number of aliphatic hydroxyl groups excluding tert-OH is 1. The van der Waals surface area contributed by atoms with Crippen molar-refractivity contribution in [3.8, 4) is 0 Å². The molecule has 2 aliphatic heterocycles. The van der Waals surface area contributed by atoms with E-state index in [4.69, 9.17) is 0 Å². The molecule has 2 fully saturated rings. The van der Waals surface area contributed by atoms with Gasteiger partial charge in [0.1, 0.15) is 5.82 Å². The number of hydrogen-bond acceptors (Lipinski definition) is 4. The molecule has 1 aromatic rings. The molecule has 3 heterocycles. The molecule has 0 saturated carbocycles. The van der Waals surface area contributed by atoms with Gasteiger partial charge in [0.25, 0.3) is 0 Å². The number of amides is 1. The lowest BCUT2D eigenvalue weighted by molar-refractivity contribution is -0.134. The summed E-state index contributed by atoms with van der Waals surface area (Å²) in [5.41, 5.74) is -0.227. The largest absolute Gasteiger partial charge is 0.394 e. The average Bonchev–Trinajstić information content (AvgIpc) is 3.04. The highest BCUT2D eigenvalue weighted by Gasteiger charge is 2.52. The van der Waals surface area contributed by atoms with Gasteiger partial charge in [-0.25, -0.2) is 4.98 Å². The van der Waals surface area contributed by atoms with Crippen LogP contribution in [-0.2, 0) is 18.4 Å². The van der Waals surface area contributed by atoms with Gasteiger partial charge in [-0.2, -0.15) is 0 Å².